The molecule has 2 rings (SSSR count). The minimum atomic E-state index is -0.118. The Morgan fingerprint density at radius 2 is 2.00 bits per heavy atom. The number of nitrogens with zero attached hydrogens (tertiary/aromatic N) is 1. The van der Waals surface area contributed by atoms with Crippen LogP contribution in [0.1, 0.15) is 19.4 Å². The molecule has 1 aliphatic rings. The first-order valence-electron chi connectivity index (χ1n) is 5.97. The first-order chi connectivity index (χ1) is 8.04. The average molecular weight is 301 g/mol. The summed E-state index contributed by atoms with van der Waals surface area (Å²) in [6, 6.07) is 6.06. The standard InChI is InChI=1S/C13H18BrFN2/c1-9-6-17(7-10(2)16-9)8-11-5-12(14)3-4-13(11)15/h3-5,9-10,16H,6-8H2,1-2H3. The molecule has 1 aromatic carbocycles. The zero-order valence-corrected chi connectivity index (χ0v) is 11.8. The number of nitrogens with one attached hydrogen (secondary N) is 1. The highest BCUT2D eigenvalue weighted by Gasteiger charge is 2.21. The molecule has 2 atom stereocenters. The lowest BCUT2D eigenvalue weighted by molar-refractivity contribution is 0.165. The van der Waals surface area contributed by atoms with Gasteiger partial charge in [-0.1, -0.05) is 15.9 Å². The molecule has 0 radical (unpaired) electrons. The number of rotatable bonds is 2. The van der Waals surface area contributed by atoms with Crippen molar-refractivity contribution in [2.45, 2.75) is 32.5 Å². The molecule has 94 valence electrons. The molecular weight excluding hydrogens is 283 g/mol. The summed E-state index contributed by atoms with van der Waals surface area (Å²) < 4.78 is 14.6. The summed E-state index contributed by atoms with van der Waals surface area (Å²) in [5, 5.41) is 3.48. The maximum absolute atomic E-state index is 13.7. The van der Waals surface area contributed by atoms with Crippen molar-refractivity contribution >= 4 is 15.9 Å². The van der Waals surface area contributed by atoms with Crippen molar-refractivity contribution in [1.29, 1.82) is 0 Å². The number of halogens is 2. The van der Waals surface area contributed by atoms with Gasteiger partial charge in [-0.25, -0.2) is 4.39 Å². The molecular formula is C13H18BrFN2. The fraction of sp³-hybridized carbons (Fsp3) is 0.538. The second kappa shape index (κ2) is 5.46. The topological polar surface area (TPSA) is 15.3 Å². The van der Waals surface area contributed by atoms with E-state index in [-0.39, 0.29) is 5.82 Å². The highest BCUT2D eigenvalue weighted by molar-refractivity contribution is 9.10. The fourth-order valence-electron chi connectivity index (χ4n) is 2.47. The third-order valence-electron chi connectivity index (χ3n) is 3.03. The van der Waals surface area contributed by atoms with Crippen LogP contribution in [0.25, 0.3) is 0 Å². The summed E-state index contributed by atoms with van der Waals surface area (Å²) >= 11 is 3.39. The summed E-state index contributed by atoms with van der Waals surface area (Å²) in [6.45, 7) is 6.95. The molecule has 4 heteroatoms. The summed E-state index contributed by atoms with van der Waals surface area (Å²) in [7, 11) is 0. The van der Waals surface area contributed by atoms with E-state index in [0.717, 1.165) is 23.1 Å². The number of hydrogen-bond donors (Lipinski definition) is 1. The fourth-order valence-corrected chi connectivity index (χ4v) is 2.88. The Morgan fingerprint density at radius 3 is 2.65 bits per heavy atom. The molecule has 0 aromatic heterocycles. The zero-order valence-electron chi connectivity index (χ0n) is 10.2. The predicted molar refractivity (Wildman–Crippen MR) is 71.4 cm³/mol. The lowest BCUT2D eigenvalue weighted by Gasteiger charge is -2.36. The van der Waals surface area contributed by atoms with Gasteiger partial charge in [0.1, 0.15) is 5.82 Å². The Labute approximate surface area is 110 Å². The molecule has 0 saturated carbocycles. The van der Waals surface area contributed by atoms with E-state index in [2.05, 4.69) is 40.0 Å². The summed E-state index contributed by atoms with van der Waals surface area (Å²) in [6.07, 6.45) is 0. The van der Waals surface area contributed by atoms with Gasteiger partial charge in [-0.15, -0.1) is 0 Å². The van der Waals surface area contributed by atoms with Crippen LogP contribution in [0.5, 0.6) is 0 Å². The summed E-state index contributed by atoms with van der Waals surface area (Å²) in [5.41, 5.74) is 0.765. The second-order valence-electron chi connectivity index (χ2n) is 4.90. The van der Waals surface area contributed by atoms with Crippen molar-refractivity contribution in [3.8, 4) is 0 Å². The number of piperazine rings is 1. The van der Waals surface area contributed by atoms with E-state index in [9.17, 15) is 4.39 Å². The van der Waals surface area contributed by atoms with Gasteiger partial charge in [-0.2, -0.15) is 0 Å². The maximum Gasteiger partial charge on any atom is 0.127 e. The first-order valence-corrected chi connectivity index (χ1v) is 6.76. The van der Waals surface area contributed by atoms with Gasteiger partial charge in [0.25, 0.3) is 0 Å². The van der Waals surface area contributed by atoms with Crippen LogP contribution in [0.2, 0.25) is 0 Å². The molecule has 2 unspecified atom stereocenters. The third-order valence-corrected chi connectivity index (χ3v) is 3.53. The van der Waals surface area contributed by atoms with E-state index in [1.54, 1.807) is 6.07 Å². The number of hydrogen-bond acceptors (Lipinski definition) is 2. The quantitative estimate of drug-likeness (QED) is 0.903. The number of benzene rings is 1. The Bertz CT molecular complexity index is 387. The van der Waals surface area contributed by atoms with Gasteiger partial charge in [-0.05, 0) is 32.0 Å². The van der Waals surface area contributed by atoms with Crippen molar-refractivity contribution in [2.24, 2.45) is 0 Å². The van der Waals surface area contributed by atoms with E-state index in [4.69, 9.17) is 0 Å². The van der Waals surface area contributed by atoms with Gasteiger partial charge in [0, 0.05) is 41.8 Å². The lowest BCUT2D eigenvalue weighted by Crippen LogP contribution is -2.53. The van der Waals surface area contributed by atoms with Crippen LogP contribution in [0, 0.1) is 5.82 Å². The average Bonchev–Trinajstić information content (AvgIpc) is 2.22. The van der Waals surface area contributed by atoms with Crippen LogP contribution in [0.15, 0.2) is 22.7 Å². The molecule has 0 spiro atoms. The summed E-state index contributed by atoms with van der Waals surface area (Å²) in [5.74, 6) is -0.118. The Hall–Kier alpha value is -0.450. The molecule has 0 bridgehead atoms. The molecule has 1 saturated heterocycles. The highest BCUT2D eigenvalue weighted by atomic mass is 79.9. The maximum atomic E-state index is 13.7. The SMILES string of the molecule is CC1CN(Cc2cc(Br)ccc2F)CC(C)N1. The van der Waals surface area contributed by atoms with E-state index in [1.165, 1.54) is 6.07 Å². The highest BCUT2D eigenvalue weighted by Crippen LogP contribution is 2.18. The normalized spacial score (nSPS) is 26.1. The third kappa shape index (κ3) is 3.50. The second-order valence-corrected chi connectivity index (χ2v) is 5.81. The van der Waals surface area contributed by atoms with Crippen molar-refractivity contribution in [2.75, 3.05) is 13.1 Å². The Morgan fingerprint density at radius 1 is 1.35 bits per heavy atom. The Balaban J connectivity index is 2.07. The largest absolute Gasteiger partial charge is 0.309 e. The minimum Gasteiger partial charge on any atom is -0.309 e. The molecule has 17 heavy (non-hydrogen) atoms. The van der Waals surface area contributed by atoms with Gasteiger partial charge < -0.3 is 5.32 Å². The van der Waals surface area contributed by atoms with E-state index >= 15 is 0 Å². The van der Waals surface area contributed by atoms with Crippen molar-refractivity contribution in [1.82, 2.24) is 10.2 Å². The van der Waals surface area contributed by atoms with Crippen LogP contribution in [0.4, 0.5) is 4.39 Å². The zero-order chi connectivity index (χ0) is 12.4. The van der Waals surface area contributed by atoms with Gasteiger partial charge in [-0.3, -0.25) is 4.90 Å². The van der Waals surface area contributed by atoms with Crippen LogP contribution in [-0.2, 0) is 6.54 Å². The minimum absolute atomic E-state index is 0.118. The van der Waals surface area contributed by atoms with Crippen molar-refractivity contribution in [3.05, 3.63) is 34.1 Å². The molecule has 1 aromatic rings. The lowest BCUT2D eigenvalue weighted by atomic mass is 10.1. The smallest absolute Gasteiger partial charge is 0.127 e. The van der Waals surface area contributed by atoms with E-state index < -0.39 is 0 Å². The van der Waals surface area contributed by atoms with Gasteiger partial charge >= 0.3 is 0 Å². The monoisotopic (exact) mass is 300 g/mol. The molecule has 0 aliphatic carbocycles. The first kappa shape index (κ1) is 13.0. The van der Waals surface area contributed by atoms with Crippen molar-refractivity contribution in [3.63, 3.8) is 0 Å². The van der Waals surface area contributed by atoms with Crippen LogP contribution >= 0.6 is 15.9 Å². The van der Waals surface area contributed by atoms with Crippen LogP contribution in [-0.4, -0.2) is 30.1 Å². The molecule has 0 amide bonds. The molecule has 1 heterocycles. The van der Waals surface area contributed by atoms with E-state index in [1.807, 2.05) is 6.07 Å². The van der Waals surface area contributed by atoms with Gasteiger partial charge in [0.2, 0.25) is 0 Å². The Kier molecular flexibility index (Phi) is 4.17. The van der Waals surface area contributed by atoms with Crippen LogP contribution < -0.4 is 5.32 Å². The van der Waals surface area contributed by atoms with Crippen molar-refractivity contribution < 1.29 is 4.39 Å². The summed E-state index contributed by atoms with van der Waals surface area (Å²) in [4.78, 5) is 2.30. The molecule has 1 N–H and O–H groups in total. The van der Waals surface area contributed by atoms with Crippen LogP contribution in [0.3, 0.4) is 0 Å². The molecule has 1 fully saturated rings. The van der Waals surface area contributed by atoms with Gasteiger partial charge in [0.15, 0.2) is 0 Å². The van der Waals surface area contributed by atoms with Gasteiger partial charge in [0.05, 0.1) is 0 Å². The predicted octanol–water partition coefficient (Wildman–Crippen LogP) is 2.77. The van der Waals surface area contributed by atoms with E-state index in [0.29, 0.717) is 18.6 Å². The molecule has 1 aliphatic heterocycles. The molecule has 2 nitrogen and oxygen atoms in total.